The Hall–Kier alpha value is -0.0800. The Morgan fingerprint density at radius 1 is 0.846 bits per heavy atom. The Morgan fingerprint density at radius 3 is 1.23 bits per heavy atom. The SMILES string of the molecule is CC(C)(C)C(O)C(C)(O)C(C)(C)C. The van der Waals surface area contributed by atoms with E-state index in [9.17, 15) is 10.2 Å². The third-order valence-corrected chi connectivity index (χ3v) is 2.87. The van der Waals surface area contributed by atoms with Crippen molar-refractivity contribution in [2.45, 2.75) is 60.2 Å². The predicted octanol–water partition coefficient (Wildman–Crippen LogP) is 2.19. The van der Waals surface area contributed by atoms with E-state index in [2.05, 4.69) is 0 Å². The second-order valence-electron chi connectivity index (χ2n) is 6.17. The number of aliphatic hydroxyl groups is 2. The Labute approximate surface area is 82.0 Å². The quantitative estimate of drug-likeness (QED) is 0.662. The van der Waals surface area contributed by atoms with E-state index in [-0.39, 0.29) is 10.8 Å². The Balaban J connectivity index is 4.86. The van der Waals surface area contributed by atoms with Crippen LogP contribution in [0.3, 0.4) is 0 Å². The van der Waals surface area contributed by atoms with Gasteiger partial charge in [0.1, 0.15) is 0 Å². The van der Waals surface area contributed by atoms with E-state index in [0.717, 1.165) is 0 Å². The molecule has 0 bridgehead atoms. The van der Waals surface area contributed by atoms with Crippen LogP contribution in [0.2, 0.25) is 0 Å². The molecular formula is C11H24O2. The molecule has 0 amide bonds. The molecule has 0 radical (unpaired) electrons. The molecule has 0 spiro atoms. The van der Waals surface area contributed by atoms with Crippen molar-refractivity contribution in [2.75, 3.05) is 0 Å². The van der Waals surface area contributed by atoms with Crippen LogP contribution in [0, 0.1) is 10.8 Å². The molecule has 2 heteroatoms. The van der Waals surface area contributed by atoms with Crippen LogP contribution >= 0.6 is 0 Å². The number of aliphatic hydroxyl groups excluding tert-OH is 1. The van der Waals surface area contributed by atoms with Crippen LogP contribution in [-0.2, 0) is 0 Å². The molecule has 0 aromatic heterocycles. The van der Waals surface area contributed by atoms with Gasteiger partial charge in [0.2, 0.25) is 0 Å². The van der Waals surface area contributed by atoms with Gasteiger partial charge in [0.15, 0.2) is 0 Å². The smallest absolute Gasteiger partial charge is 0.0930 e. The van der Waals surface area contributed by atoms with Gasteiger partial charge in [0.25, 0.3) is 0 Å². The topological polar surface area (TPSA) is 40.5 Å². The largest absolute Gasteiger partial charge is 0.390 e. The van der Waals surface area contributed by atoms with Crippen molar-refractivity contribution >= 4 is 0 Å². The fraction of sp³-hybridized carbons (Fsp3) is 1.00. The molecule has 0 aromatic rings. The summed E-state index contributed by atoms with van der Waals surface area (Å²) >= 11 is 0. The second kappa shape index (κ2) is 3.25. The summed E-state index contributed by atoms with van der Waals surface area (Å²) in [4.78, 5) is 0. The van der Waals surface area contributed by atoms with E-state index in [1.54, 1.807) is 6.92 Å². The van der Waals surface area contributed by atoms with Gasteiger partial charge in [-0.2, -0.15) is 0 Å². The first-order chi connectivity index (χ1) is 5.40. The minimum absolute atomic E-state index is 0.295. The van der Waals surface area contributed by atoms with Crippen molar-refractivity contribution < 1.29 is 10.2 Å². The molecule has 0 aromatic carbocycles. The summed E-state index contributed by atoms with van der Waals surface area (Å²) in [7, 11) is 0. The van der Waals surface area contributed by atoms with Crippen molar-refractivity contribution in [3.63, 3.8) is 0 Å². The summed E-state index contributed by atoms with van der Waals surface area (Å²) < 4.78 is 0. The molecule has 0 heterocycles. The highest BCUT2D eigenvalue weighted by molar-refractivity contribution is 4.97. The van der Waals surface area contributed by atoms with E-state index in [1.807, 2.05) is 41.5 Å². The maximum absolute atomic E-state index is 10.2. The van der Waals surface area contributed by atoms with Crippen molar-refractivity contribution in [1.82, 2.24) is 0 Å². The normalized spacial score (nSPS) is 21.0. The average molecular weight is 188 g/mol. The Bertz CT molecular complexity index is 170. The van der Waals surface area contributed by atoms with Gasteiger partial charge in [-0.25, -0.2) is 0 Å². The maximum Gasteiger partial charge on any atom is 0.0930 e. The van der Waals surface area contributed by atoms with Crippen LogP contribution in [0.25, 0.3) is 0 Å². The monoisotopic (exact) mass is 188 g/mol. The molecule has 0 saturated heterocycles. The van der Waals surface area contributed by atoms with Gasteiger partial charge in [-0.15, -0.1) is 0 Å². The summed E-state index contributed by atoms with van der Waals surface area (Å²) in [5.74, 6) is 0. The van der Waals surface area contributed by atoms with Gasteiger partial charge in [0, 0.05) is 0 Å². The third-order valence-electron chi connectivity index (χ3n) is 2.87. The number of hydrogen-bond donors (Lipinski definition) is 2. The van der Waals surface area contributed by atoms with E-state index in [0.29, 0.717) is 0 Å². The van der Waals surface area contributed by atoms with Gasteiger partial charge < -0.3 is 10.2 Å². The zero-order chi connectivity index (χ0) is 11.1. The fourth-order valence-corrected chi connectivity index (χ4v) is 1.25. The van der Waals surface area contributed by atoms with Crippen LogP contribution < -0.4 is 0 Å². The first-order valence-electron chi connectivity index (χ1n) is 4.81. The van der Waals surface area contributed by atoms with Crippen LogP contribution in [0.15, 0.2) is 0 Å². The molecule has 0 aliphatic carbocycles. The highest BCUT2D eigenvalue weighted by atomic mass is 16.3. The van der Waals surface area contributed by atoms with Crippen LogP contribution in [0.4, 0.5) is 0 Å². The van der Waals surface area contributed by atoms with Gasteiger partial charge in [-0.3, -0.25) is 0 Å². The van der Waals surface area contributed by atoms with Crippen molar-refractivity contribution in [3.8, 4) is 0 Å². The second-order valence-corrected chi connectivity index (χ2v) is 6.17. The molecule has 2 N–H and O–H groups in total. The molecule has 13 heavy (non-hydrogen) atoms. The van der Waals surface area contributed by atoms with Gasteiger partial charge in [0.05, 0.1) is 11.7 Å². The fourth-order valence-electron chi connectivity index (χ4n) is 1.25. The lowest BCUT2D eigenvalue weighted by molar-refractivity contribution is -0.163. The van der Waals surface area contributed by atoms with Gasteiger partial charge in [-0.1, -0.05) is 41.5 Å². The highest BCUT2D eigenvalue weighted by Crippen LogP contribution is 2.39. The minimum Gasteiger partial charge on any atom is -0.390 e. The molecule has 2 atom stereocenters. The number of hydrogen-bond acceptors (Lipinski definition) is 2. The third kappa shape index (κ3) is 2.68. The van der Waals surface area contributed by atoms with E-state index in [4.69, 9.17) is 0 Å². The number of rotatable bonds is 1. The molecule has 0 fully saturated rings. The summed E-state index contributed by atoms with van der Waals surface area (Å²) in [5, 5.41) is 20.2. The average Bonchev–Trinajstić information content (AvgIpc) is 1.81. The van der Waals surface area contributed by atoms with Crippen LogP contribution in [0.5, 0.6) is 0 Å². The maximum atomic E-state index is 10.2. The van der Waals surface area contributed by atoms with Crippen molar-refractivity contribution in [2.24, 2.45) is 10.8 Å². The molecule has 0 aliphatic rings. The lowest BCUT2D eigenvalue weighted by Crippen LogP contribution is -2.55. The first kappa shape index (κ1) is 12.9. The molecule has 80 valence electrons. The standard InChI is InChI=1S/C11H24O2/c1-9(2,3)8(12)11(7,13)10(4,5)6/h8,12-13H,1-7H3. The minimum atomic E-state index is -1.06. The predicted molar refractivity (Wildman–Crippen MR) is 55.5 cm³/mol. The lowest BCUT2D eigenvalue weighted by Gasteiger charge is -2.45. The van der Waals surface area contributed by atoms with Gasteiger partial charge >= 0.3 is 0 Å². The summed E-state index contributed by atoms with van der Waals surface area (Å²) in [6.45, 7) is 13.3. The Morgan fingerprint density at radius 2 is 1.15 bits per heavy atom. The van der Waals surface area contributed by atoms with Crippen molar-refractivity contribution in [1.29, 1.82) is 0 Å². The summed E-state index contributed by atoms with van der Waals surface area (Å²) in [6.07, 6.45) is -0.722. The highest BCUT2D eigenvalue weighted by Gasteiger charge is 2.46. The zero-order valence-corrected chi connectivity index (χ0v) is 9.97. The molecule has 0 rings (SSSR count). The first-order valence-corrected chi connectivity index (χ1v) is 4.81. The summed E-state index contributed by atoms with van der Waals surface area (Å²) in [6, 6.07) is 0. The van der Waals surface area contributed by atoms with E-state index < -0.39 is 11.7 Å². The molecular weight excluding hydrogens is 164 g/mol. The lowest BCUT2D eigenvalue weighted by atomic mass is 9.67. The Kier molecular flexibility index (Phi) is 3.23. The van der Waals surface area contributed by atoms with E-state index >= 15 is 0 Å². The van der Waals surface area contributed by atoms with Gasteiger partial charge in [-0.05, 0) is 17.8 Å². The summed E-state index contributed by atoms with van der Waals surface area (Å²) in [5.41, 5.74) is -1.68. The van der Waals surface area contributed by atoms with Crippen LogP contribution in [-0.4, -0.2) is 21.9 Å². The van der Waals surface area contributed by atoms with Crippen LogP contribution in [0.1, 0.15) is 48.5 Å². The molecule has 2 nitrogen and oxygen atoms in total. The molecule has 0 saturated carbocycles. The zero-order valence-electron chi connectivity index (χ0n) is 9.97. The van der Waals surface area contributed by atoms with E-state index in [1.165, 1.54) is 0 Å². The van der Waals surface area contributed by atoms with Crippen molar-refractivity contribution in [3.05, 3.63) is 0 Å². The molecule has 0 aliphatic heterocycles. The molecule has 2 unspecified atom stereocenters.